The minimum Gasteiger partial charge on any atom is -0.389 e. The number of urea groups is 1. The highest BCUT2D eigenvalue weighted by Crippen LogP contribution is 2.21. The highest BCUT2D eigenvalue weighted by Gasteiger charge is 2.33. The van der Waals surface area contributed by atoms with Gasteiger partial charge in [-0.2, -0.15) is 0 Å². The van der Waals surface area contributed by atoms with Crippen molar-refractivity contribution in [3.63, 3.8) is 0 Å². The molecule has 2 N–H and O–H groups in total. The summed E-state index contributed by atoms with van der Waals surface area (Å²) in [5.41, 5.74) is 1.53. The van der Waals surface area contributed by atoms with Gasteiger partial charge in [0.2, 0.25) is 0 Å². The van der Waals surface area contributed by atoms with E-state index in [2.05, 4.69) is 15.2 Å². The fraction of sp³-hybridized carbons (Fsp3) is 0.474. The van der Waals surface area contributed by atoms with Gasteiger partial charge in [0, 0.05) is 37.8 Å². The Balaban J connectivity index is 1.42. The van der Waals surface area contributed by atoms with E-state index in [0.29, 0.717) is 26.3 Å². The first-order chi connectivity index (χ1) is 12.7. The zero-order valence-electron chi connectivity index (χ0n) is 14.7. The lowest BCUT2D eigenvalue weighted by atomic mass is 10.2. The highest BCUT2D eigenvalue weighted by atomic mass is 16.5. The van der Waals surface area contributed by atoms with Crippen molar-refractivity contribution < 1.29 is 14.6 Å². The van der Waals surface area contributed by atoms with Gasteiger partial charge in [-0.1, -0.05) is 18.2 Å². The fourth-order valence-electron chi connectivity index (χ4n) is 3.75. The molecule has 26 heavy (non-hydrogen) atoms. The number of para-hydroxylation sites is 1. The van der Waals surface area contributed by atoms with Crippen molar-refractivity contribution in [1.29, 1.82) is 0 Å². The van der Waals surface area contributed by atoms with Crippen molar-refractivity contribution in [2.45, 2.75) is 18.6 Å². The van der Waals surface area contributed by atoms with Gasteiger partial charge in [-0.3, -0.25) is 9.88 Å². The number of hydrogen-bond acceptors (Lipinski definition) is 5. The van der Waals surface area contributed by atoms with E-state index < -0.39 is 6.10 Å². The molecule has 2 aliphatic heterocycles. The Morgan fingerprint density at radius 1 is 1.15 bits per heavy atom. The molecule has 7 nitrogen and oxygen atoms in total. The van der Waals surface area contributed by atoms with E-state index in [-0.39, 0.29) is 12.1 Å². The molecule has 138 valence electrons. The monoisotopic (exact) mass is 356 g/mol. The molecule has 3 heterocycles. The maximum absolute atomic E-state index is 12.8. The number of carbonyl (C=O) groups excluding carboxylic acids is 1. The molecule has 0 spiro atoms. The lowest BCUT2D eigenvalue weighted by molar-refractivity contribution is 0.0845. The Bertz CT molecular complexity index is 779. The smallest absolute Gasteiger partial charge is 0.321 e. The molecule has 0 radical (unpaired) electrons. The number of nitrogens with zero attached hydrogens (tertiary/aromatic N) is 3. The van der Waals surface area contributed by atoms with Crippen LogP contribution >= 0.6 is 0 Å². The molecule has 4 rings (SSSR count). The van der Waals surface area contributed by atoms with Crippen LogP contribution in [0.3, 0.4) is 0 Å². The lowest BCUT2D eigenvalue weighted by Gasteiger charge is -2.28. The number of anilines is 1. The predicted molar refractivity (Wildman–Crippen MR) is 99.1 cm³/mol. The van der Waals surface area contributed by atoms with Crippen LogP contribution in [0.2, 0.25) is 0 Å². The first kappa shape index (κ1) is 17.2. The number of rotatable bonds is 2. The average Bonchev–Trinajstić information content (AvgIpc) is 2.94. The van der Waals surface area contributed by atoms with Crippen molar-refractivity contribution in [2.75, 3.05) is 44.7 Å². The highest BCUT2D eigenvalue weighted by molar-refractivity contribution is 5.99. The molecule has 2 amide bonds. The van der Waals surface area contributed by atoms with Gasteiger partial charge in [-0.05, 0) is 18.6 Å². The maximum atomic E-state index is 12.8. The summed E-state index contributed by atoms with van der Waals surface area (Å²) in [4.78, 5) is 21.2. The fourth-order valence-corrected chi connectivity index (χ4v) is 3.75. The number of ether oxygens (including phenoxy) is 1. The second kappa shape index (κ2) is 7.57. The van der Waals surface area contributed by atoms with E-state index >= 15 is 0 Å². The minimum atomic E-state index is -0.433. The quantitative estimate of drug-likeness (QED) is 0.853. The SMILES string of the molecule is O=C(Nc1cccc2cccnc12)N1CCCN([C@@H]2COC[C@H]2O)CC1. The Morgan fingerprint density at radius 3 is 2.88 bits per heavy atom. The molecule has 0 saturated carbocycles. The minimum absolute atomic E-state index is 0.0419. The van der Waals surface area contributed by atoms with Gasteiger partial charge in [0.05, 0.1) is 36.6 Å². The van der Waals surface area contributed by atoms with Crippen LogP contribution < -0.4 is 5.32 Å². The van der Waals surface area contributed by atoms with Crippen molar-refractivity contribution in [3.8, 4) is 0 Å². The number of nitrogens with one attached hydrogen (secondary N) is 1. The zero-order chi connectivity index (χ0) is 17.9. The molecular weight excluding hydrogens is 332 g/mol. The van der Waals surface area contributed by atoms with Crippen LogP contribution in [0.4, 0.5) is 10.5 Å². The summed E-state index contributed by atoms with van der Waals surface area (Å²) in [6.45, 7) is 3.91. The summed E-state index contributed by atoms with van der Waals surface area (Å²) in [6.07, 6.45) is 2.18. The van der Waals surface area contributed by atoms with Crippen LogP contribution in [0, 0.1) is 0 Å². The Morgan fingerprint density at radius 2 is 2.04 bits per heavy atom. The molecule has 2 aliphatic rings. The number of benzene rings is 1. The summed E-state index contributed by atoms with van der Waals surface area (Å²) >= 11 is 0. The standard InChI is InChI=1S/C19H24N4O3/c24-17-13-26-12-16(17)22-8-3-9-23(11-10-22)19(25)21-15-6-1-4-14-5-2-7-20-18(14)15/h1-2,4-7,16-17,24H,3,8-13H2,(H,21,25)/t16-,17-/m1/s1. The number of aliphatic hydroxyl groups is 1. The molecule has 7 heteroatoms. The summed E-state index contributed by atoms with van der Waals surface area (Å²) in [7, 11) is 0. The maximum Gasteiger partial charge on any atom is 0.321 e. The largest absolute Gasteiger partial charge is 0.389 e. The van der Waals surface area contributed by atoms with Crippen molar-refractivity contribution in [2.24, 2.45) is 0 Å². The van der Waals surface area contributed by atoms with Crippen LogP contribution in [0.15, 0.2) is 36.5 Å². The number of fused-ring (bicyclic) bond motifs is 1. The van der Waals surface area contributed by atoms with Gasteiger partial charge in [0.1, 0.15) is 0 Å². The predicted octanol–water partition coefficient (Wildman–Crippen LogP) is 1.53. The van der Waals surface area contributed by atoms with Gasteiger partial charge in [0.15, 0.2) is 0 Å². The van der Waals surface area contributed by atoms with E-state index in [1.807, 2.05) is 35.2 Å². The van der Waals surface area contributed by atoms with E-state index in [9.17, 15) is 9.90 Å². The van der Waals surface area contributed by atoms with E-state index in [0.717, 1.165) is 36.1 Å². The van der Waals surface area contributed by atoms with Gasteiger partial charge < -0.3 is 20.1 Å². The van der Waals surface area contributed by atoms with Crippen LogP contribution in [0.5, 0.6) is 0 Å². The summed E-state index contributed by atoms with van der Waals surface area (Å²) in [5, 5.41) is 14.0. The van der Waals surface area contributed by atoms with Gasteiger partial charge >= 0.3 is 6.03 Å². The lowest BCUT2D eigenvalue weighted by Crippen LogP contribution is -2.45. The van der Waals surface area contributed by atoms with E-state index in [4.69, 9.17) is 4.74 Å². The average molecular weight is 356 g/mol. The second-order valence-electron chi connectivity index (χ2n) is 6.86. The molecule has 0 aliphatic carbocycles. The van der Waals surface area contributed by atoms with Gasteiger partial charge in [-0.25, -0.2) is 4.79 Å². The number of pyridine rings is 1. The Hall–Kier alpha value is -2.22. The van der Waals surface area contributed by atoms with Crippen LogP contribution in [-0.4, -0.2) is 77.5 Å². The Labute approximate surface area is 152 Å². The molecule has 2 fully saturated rings. The molecule has 1 aromatic heterocycles. The number of aliphatic hydroxyl groups excluding tert-OH is 1. The first-order valence-corrected chi connectivity index (χ1v) is 9.12. The topological polar surface area (TPSA) is 77.9 Å². The van der Waals surface area contributed by atoms with Crippen molar-refractivity contribution in [1.82, 2.24) is 14.8 Å². The summed E-state index contributed by atoms with van der Waals surface area (Å²) in [5.74, 6) is 0. The molecule has 0 bridgehead atoms. The molecule has 2 saturated heterocycles. The number of carbonyl (C=O) groups is 1. The number of aromatic nitrogens is 1. The van der Waals surface area contributed by atoms with Crippen molar-refractivity contribution in [3.05, 3.63) is 36.5 Å². The number of hydrogen-bond donors (Lipinski definition) is 2. The third kappa shape index (κ3) is 3.51. The van der Waals surface area contributed by atoms with E-state index in [1.54, 1.807) is 6.20 Å². The molecule has 2 atom stereocenters. The second-order valence-corrected chi connectivity index (χ2v) is 6.86. The first-order valence-electron chi connectivity index (χ1n) is 9.12. The Kier molecular flexibility index (Phi) is 5.01. The van der Waals surface area contributed by atoms with Crippen LogP contribution in [0.1, 0.15) is 6.42 Å². The van der Waals surface area contributed by atoms with Crippen molar-refractivity contribution >= 4 is 22.6 Å². The van der Waals surface area contributed by atoms with Gasteiger partial charge in [0.25, 0.3) is 0 Å². The molecule has 0 unspecified atom stereocenters. The van der Waals surface area contributed by atoms with Crippen LogP contribution in [-0.2, 0) is 4.74 Å². The zero-order valence-corrected chi connectivity index (χ0v) is 14.7. The third-order valence-electron chi connectivity index (χ3n) is 5.18. The van der Waals surface area contributed by atoms with Gasteiger partial charge in [-0.15, -0.1) is 0 Å². The summed E-state index contributed by atoms with van der Waals surface area (Å²) in [6, 6.07) is 9.59. The molecular formula is C19H24N4O3. The number of amides is 2. The van der Waals surface area contributed by atoms with E-state index in [1.165, 1.54) is 0 Å². The molecule has 1 aromatic carbocycles. The third-order valence-corrected chi connectivity index (χ3v) is 5.18. The molecule has 2 aromatic rings. The van der Waals surface area contributed by atoms with Crippen LogP contribution in [0.25, 0.3) is 10.9 Å². The normalized spacial score (nSPS) is 24.6. The summed E-state index contributed by atoms with van der Waals surface area (Å²) < 4.78 is 5.37.